The number of alkyl halides is 1. The van der Waals surface area contributed by atoms with E-state index in [0.717, 1.165) is 13.0 Å². The van der Waals surface area contributed by atoms with Crippen molar-refractivity contribution in [3.8, 4) is 12.3 Å². The van der Waals surface area contributed by atoms with Crippen molar-refractivity contribution in [2.24, 2.45) is 0 Å². The summed E-state index contributed by atoms with van der Waals surface area (Å²) in [4.78, 5) is 2.11. The summed E-state index contributed by atoms with van der Waals surface area (Å²) >= 11 is 5.53. The van der Waals surface area contributed by atoms with Gasteiger partial charge in [-0.15, -0.1) is 18.0 Å². The van der Waals surface area contributed by atoms with E-state index < -0.39 is 10.0 Å². The van der Waals surface area contributed by atoms with E-state index in [1.165, 1.54) is 0 Å². The van der Waals surface area contributed by atoms with E-state index >= 15 is 0 Å². The van der Waals surface area contributed by atoms with Crippen molar-refractivity contribution in [3.63, 3.8) is 0 Å². The Morgan fingerprint density at radius 2 is 2.00 bits per heavy atom. The molecule has 0 amide bonds. The van der Waals surface area contributed by atoms with Gasteiger partial charge in [-0.1, -0.05) is 5.92 Å². The summed E-state index contributed by atoms with van der Waals surface area (Å²) in [5.74, 6) is 3.12. The number of hydrogen-bond donors (Lipinski definition) is 0. The molecule has 0 spiro atoms. The summed E-state index contributed by atoms with van der Waals surface area (Å²) in [5, 5.41) is 0. The minimum atomic E-state index is -3.14. The van der Waals surface area contributed by atoms with Crippen molar-refractivity contribution < 1.29 is 8.42 Å². The van der Waals surface area contributed by atoms with E-state index in [2.05, 4.69) is 10.8 Å². The quantitative estimate of drug-likeness (QED) is 0.546. The van der Waals surface area contributed by atoms with Gasteiger partial charge in [0.2, 0.25) is 10.0 Å². The van der Waals surface area contributed by atoms with Crippen LogP contribution in [0.3, 0.4) is 0 Å². The molecule has 0 unspecified atom stereocenters. The molecular weight excluding hydrogens is 260 g/mol. The molecule has 6 heteroatoms. The molecule has 1 fully saturated rings. The average molecular weight is 279 g/mol. The monoisotopic (exact) mass is 278 g/mol. The zero-order valence-corrected chi connectivity index (χ0v) is 11.5. The fraction of sp³-hybridized carbons (Fsp3) is 0.818. The van der Waals surface area contributed by atoms with Crippen molar-refractivity contribution >= 4 is 21.6 Å². The predicted molar refractivity (Wildman–Crippen MR) is 70.6 cm³/mol. The van der Waals surface area contributed by atoms with Gasteiger partial charge in [-0.3, -0.25) is 4.90 Å². The molecule has 1 aliphatic rings. The molecule has 0 saturated carbocycles. The molecule has 0 aromatic heterocycles. The Hall–Kier alpha value is -0.280. The first-order valence-electron chi connectivity index (χ1n) is 5.80. The average Bonchev–Trinajstić information content (AvgIpc) is 2.53. The molecule has 0 aliphatic carbocycles. The summed E-state index contributed by atoms with van der Waals surface area (Å²) < 4.78 is 25.5. The second-order valence-electron chi connectivity index (χ2n) is 4.09. The van der Waals surface area contributed by atoms with Crippen LogP contribution in [0.5, 0.6) is 0 Å². The second kappa shape index (κ2) is 7.22. The molecule has 1 aliphatic heterocycles. The summed E-state index contributed by atoms with van der Waals surface area (Å²) in [7, 11) is -3.14. The van der Waals surface area contributed by atoms with Crippen LogP contribution >= 0.6 is 11.6 Å². The maximum atomic E-state index is 12.0. The highest BCUT2D eigenvalue weighted by Crippen LogP contribution is 2.09. The van der Waals surface area contributed by atoms with Gasteiger partial charge in [0, 0.05) is 32.1 Å². The van der Waals surface area contributed by atoms with E-state index in [9.17, 15) is 8.42 Å². The smallest absolute Gasteiger partial charge is 0.214 e. The Balaban J connectivity index is 2.53. The molecule has 1 heterocycles. The minimum Gasteiger partial charge on any atom is -0.291 e. The predicted octanol–water partition coefficient (Wildman–Crippen LogP) is 0.586. The minimum absolute atomic E-state index is 0.144. The van der Waals surface area contributed by atoms with E-state index in [0.29, 0.717) is 38.5 Å². The number of terminal acetylenes is 1. The fourth-order valence-corrected chi connectivity index (χ4v) is 3.71. The van der Waals surface area contributed by atoms with Crippen LogP contribution in [0.15, 0.2) is 0 Å². The third kappa shape index (κ3) is 4.84. The fourth-order valence-electron chi connectivity index (χ4n) is 1.88. The maximum absolute atomic E-state index is 12.0. The summed E-state index contributed by atoms with van der Waals surface area (Å²) in [6, 6.07) is 0. The molecule has 98 valence electrons. The maximum Gasteiger partial charge on any atom is 0.214 e. The normalized spacial score (nSPS) is 19.8. The lowest BCUT2D eigenvalue weighted by Crippen LogP contribution is -2.36. The summed E-state index contributed by atoms with van der Waals surface area (Å²) in [5.41, 5.74) is 0. The van der Waals surface area contributed by atoms with E-state index in [4.69, 9.17) is 18.0 Å². The summed E-state index contributed by atoms with van der Waals surface area (Å²) in [6.45, 7) is 3.30. The first kappa shape index (κ1) is 14.8. The molecule has 0 aromatic rings. The molecule has 1 saturated heterocycles. The van der Waals surface area contributed by atoms with Crippen molar-refractivity contribution in [2.45, 2.75) is 12.8 Å². The molecule has 0 radical (unpaired) electrons. The first-order valence-corrected chi connectivity index (χ1v) is 7.94. The third-order valence-electron chi connectivity index (χ3n) is 2.79. The Bertz CT molecular complexity index is 364. The lowest BCUT2D eigenvalue weighted by Gasteiger charge is -2.20. The van der Waals surface area contributed by atoms with Crippen LogP contribution in [0.2, 0.25) is 0 Å². The van der Waals surface area contributed by atoms with Crippen molar-refractivity contribution in [3.05, 3.63) is 0 Å². The van der Waals surface area contributed by atoms with Gasteiger partial charge >= 0.3 is 0 Å². The number of rotatable bonds is 5. The third-order valence-corrected chi connectivity index (χ3v) is 5.02. The highest BCUT2D eigenvalue weighted by atomic mass is 35.5. The molecule has 0 atom stereocenters. The molecule has 0 N–H and O–H groups in total. The number of hydrogen-bond acceptors (Lipinski definition) is 3. The van der Waals surface area contributed by atoms with Crippen LogP contribution in [0.1, 0.15) is 12.8 Å². The molecule has 0 bridgehead atoms. The highest BCUT2D eigenvalue weighted by Gasteiger charge is 2.24. The van der Waals surface area contributed by atoms with Crippen LogP contribution in [0, 0.1) is 12.3 Å². The van der Waals surface area contributed by atoms with Crippen molar-refractivity contribution in [2.75, 3.05) is 44.4 Å². The number of nitrogens with zero attached hydrogens (tertiary/aromatic N) is 2. The molecule has 17 heavy (non-hydrogen) atoms. The van der Waals surface area contributed by atoms with Gasteiger partial charge in [0.25, 0.3) is 0 Å². The zero-order valence-electron chi connectivity index (χ0n) is 9.94. The molecular formula is C11H19ClN2O2S. The van der Waals surface area contributed by atoms with Gasteiger partial charge in [0.15, 0.2) is 0 Å². The topological polar surface area (TPSA) is 40.6 Å². The van der Waals surface area contributed by atoms with Gasteiger partial charge in [0.1, 0.15) is 0 Å². The van der Waals surface area contributed by atoms with Crippen molar-refractivity contribution in [1.29, 1.82) is 0 Å². The van der Waals surface area contributed by atoms with E-state index in [1.54, 1.807) is 4.31 Å². The van der Waals surface area contributed by atoms with Gasteiger partial charge in [-0.25, -0.2) is 12.7 Å². The number of sulfonamides is 1. The SMILES string of the molecule is C#CCN1CCCN(S(=O)(=O)CCCCl)CC1. The molecule has 4 nitrogen and oxygen atoms in total. The van der Waals surface area contributed by atoms with Gasteiger partial charge in [-0.05, 0) is 12.8 Å². The largest absolute Gasteiger partial charge is 0.291 e. The summed E-state index contributed by atoms with van der Waals surface area (Å²) in [6.07, 6.45) is 6.60. The molecule has 1 rings (SSSR count). The van der Waals surface area contributed by atoms with Crippen LogP contribution in [-0.2, 0) is 10.0 Å². The standard InChI is InChI=1S/C11H19ClN2O2S/c1-2-6-13-7-4-8-14(10-9-13)17(15,16)11-3-5-12/h1H,3-11H2. The van der Waals surface area contributed by atoms with Crippen LogP contribution < -0.4 is 0 Å². The Morgan fingerprint density at radius 3 is 2.65 bits per heavy atom. The Labute approximate surface area is 109 Å². The highest BCUT2D eigenvalue weighted by molar-refractivity contribution is 7.89. The van der Waals surface area contributed by atoms with E-state index in [1.807, 2.05) is 0 Å². The van der Waals surface area contributed by atoms with Crippen LogP contribution in [-0.4, -0.2) is 62.0 Å². The first-order chi connectivity index (χ1) is 8.10. The van der Waals surface area contributed by atoms with Gasteiger partial charge in [0.05, 0.1) is 12.3 Å². The molecule has 0 aromatic carbocycles. The lowest BCUT2D eigenvalue weighted by atomic mass is 10.4. The van der Waals surface area contributed by atoms with Crippen molar-refractivity contribution in [1.82, 2.24) is 9.21 Å². The Morgan fingerprint density at radius 1 is 1.24 bits per heavy atom. The van der Waals surface area contributed by atoms with Crippen LogP contribution in [0.4, 0.5) is 0 Å². The zero-order chi connectivity index (χ0) is 12.7. The van der Waals surface area contributed by atoms with Gasteiger partial charge < -0.3 is 0 Å². The Kier molecular flexibility index (Phi) is 6.28. The van der Waals surface area contributed by atoms with Gasteiger partial charge in [-0.2, -0.15) is 0 Å². The lowest BCUT2D eigenvalue weighted by molar-refractivity contribution is 0.320. The second-order valence-corrected chi connectivity index (χ2v) is 6.56. The number of halogens is 1. The van der Waals surface area contributed by atoms with Crippen LogP contribution in [0.25, 0.3) is 0 Å². The van der Waals surface area contributed by atoms with E-state index in [-0.39, 0.29) is 5.75 Å².